The van der Waals surface area contributed by atoms with E-state index in [1.807, 2.05) is 6.08 Å². The van der Waals surface area contributed by atoms with Crippen LogP contribution in [0.15, 0.2) is 24.3 Å². The lowest BCUT2D eigenvalue weighted by atomic mass is 9.89. The van der Waals surface area contributed by atoms with Crippen molar-refractivity contribution < 1.29 is 0 Å². The molecule has 1 aliphatic carbocycles. The van der Waals surface area contributed by atoms with Gasteiger partial charge in [0.05, 0.1) is 0 Å². The van der Waals surface area contributed by atoms with Gasteiger partial charge in [0.15, 0.2) is 0 Å². The van der Waals surface area contributed by atoms with E-state index in [0.29, 0.717) is 0 Å². The predicted octanol–water partition coefficient (Wildman–Crippen LogP) is 3.31. The maximum Gasteiger partial charge on any atom is -0.0141 e. The summed E-state index contributed by atoms with van der Waals surface area (Å²) in [5.74, 6) is 0.903. The first-order valence-corrected chi connectivity index (χ1v) is 4.11. The molecule has 1 rings (SSSR count). The van der Waals surface area contributed by atoms with Crippen LogP contribution in [0.25, 0.3) is 0 Å². The van der Waals surface area contributed by atoms with Crippen molar-refractivity contribution in [2.24, 2.45) is 5.92 Å². The zero-order valence-corrected chi connectivity index (χ0v) is 6.77. The van der Waals surface area contributed by atoms with Gasteiger partial charge in [-0.05, 0) is 31.6 Å². The summed E-state index contributed by atoms with van der Waals surface area (Å²) in [5, 5.41) is 0. The van der Waals surface area contributed by atoms with Crippen molar-refractivity contribution in [2.75, 3.05) is 0 Å². The Morgan fingerprint density at radius 3 is 3.20 bits per heavy atom. The van der Waals surface area contributed by atoms with E-state index in [0.717, 1.165) is 12.3 Å². The quantitative estimate of drug-likeness (QED) is 0.511. The van der Waals surface area contributed by atoms with E-state index in [9.17, 15) is 0 Å². The van der Waals surface area contributed by atoms with Crippen LogP contribution in [0.1, 0.15) is 32.6 Å². The first kappa shape index (κ1) is 7.59. The van der Waals surface area contributed by atoms with E-state index in [4.69, 9.17) is 0 Å². The molecule has 0 spiro atoms. The molecule has 0 fully saturated rings. The van der Waals surface area contributed by atoms with Gasteiger partial charge >= 0.3 is 0 Å². The summed E-state index contributed by atoms with van der Waals surface area (Å²) in [6.07, 6.45) is 9.44. The van der Waals surface area contributed by atoms with Gasteiger partial charge in [0, 0.05) is 0 Å². The summed E-state index contributed by atoms with van der Waals surface area (Å²) in [7, 11) is 0. The minimum Gasteiger partial charge on any atom is -0.103 e. The highest BCUT2D eigenvalue weighted by molar-refractivity contribution is 5.09. The molecule has 0 radical (unpaired) electrons. The van der Waals surface area contributed by atoms with Gasteiger partial charge in [-0.15, -0.1) is 6.58 Å². The van der Waals surface area contributed by atoms with Gasteiger partial charge in [0.25, 0.3) is 0 Å². The van der Waals surface area contributed by atoms with E-state index < -0.39 is 0 Å². The van der Waals surface area contributed by atoms with Crippen LogP contribution in [0.2, 0.25) is 0 Å². The fourth-order valence-electron chi connectivity index (χ4n) is 1.56. The maximum absolute atomic E-state index is 3.74. The molecule has 0 aromatic heterocycles. The second-order valence-electron chi connectivity index (χ2n) is 3.24. The smallest absolute Gasteiger partial charge is 0.0141 e. The van der Waals surface area contributed by atoms with Crippen LogP contribution in [0, 0.1) is 5.92 Å². The molecule has 0 amide bonds. The number of hydrogen-bond acceptors (Lipinski definition) is 0. The molecule has 0 aromatic carbocycles. The molecule has 1 atom stereocenters. The molecule has 0 N–H and O–H groups in total. The van der Waals surface area contributed by atoms with Crippen molar-refractivity contribution in [3.63, 3.8) is 0 Å². The molecule has 0 heterocycles. The highest BCUT2D eigenvalue weighted by Gasteiger charge is 2.08. The third-order valence-corrected chi connectivity index (χ3v) is 2.11. The van der Waals surface area contributed by atoms with Crippen molar-refractivity contribution in [3.05, 3.63) is 24.3 Å². The molecule has 1 unspecified atom stereocenters. The molecule has 56 valence electrons. The van der Waals surface area contributed by atoms with Gasteiger partial charge in [-0.2, -0.15) is 0 Å². The average molecular weight is 136 g/mol. The second kappa shape index (κ2) is 3.60. The molecule has 0 saturated heterocycles. The third kappa shape index (κ3) is 2.02. The summed E-state index contributed by atoms with van der Waals surface area (Å²) < 4.78 is 0. The monoisotopic (exact) mass is 136 g/mol. The summed E-state index contributed by atoms with van der Waals surface area (Å²) in [6, 6.07) is 0. The summed E-state index contributed by atoms with van der Waals surface area (Å²) in [6.45, 7) is 6.07. The number of hydrogen-bond donors (Lipinski definition) is 0. The zero-order chi connectivity index (χ0) is 7.40. The van der Waals surface area contributed by atoms with Gasteiger partial charge < -0.3 is 0 Å². The molecule has 0 saturated carbocycles. The molecule has 0 aromatic rings. The van der Waals surface area contributed by atoms with E-state index in [1.165, 1.54) is 19.3 Å². The van der Waals surface area contributed by atoms with Gasteiger partial charge in [0.1, 0.15) is 0 Å². The number of rotatable bonds is 2. The highest BCUT2D eigenvalue weighted by Crippen LogP contribution is 2.25. The fourth-order valence-corrected chi connectivity index (χ4v) is 1.56. The van der Waals surface area contributed by atoms with Crippen LogP contribution in [-0.2, 0) is 0 Å². The van der Waals surface area contributed by atoms with Crippen LogP contribution in [0.5, 0.6) is 0 Å². The molecule has 0 aliphatic heterocycles. The third-order valence-electron chi connectivity index (χ3n) is 2.11. The van der Waals surface area contributed by atoms with Crippen LogP contribution in [0.4, 0.5) is 0 Å². The molecule has 0 nitrogen and oxygen atoms in total. The minimum atomic E-state index is 0.903. The molecule has 10 heavy (non-hydrogen) atoms. The lowest BCUT2D eigenvalue weighted by Gasteiger charge is -2.17. The van der Waals surface area contributed by atoms with Gasteiger partial charge in [0.2, 0.25) is 0 Å². The van der Waals surface area contributed by atoms with E-state index >= 15 is 0 Å². The minimum absolute atomic E-state index is 0.903. The average Bonchev–Trinajstić information content (AvgIpc) is 1.88. The second-order valence-corrected chi connectivity index (χ2v) is 3.24. The Morgan fingerprint density at radius 1 is 1.80 bits per heavy atom. The predicted molar refractivity (Wildman–Crippen MR) is 45.9 cm³/mol. The lowest BCUT2D eigenvalue weighted by Crippen LogP contribution is -2.01. The SMILES string of the molecule is C=CCC1=CCCC(C)C1. The summed E-state index contributed by atoms with van der Waals surface area (Å²) in [5.41, 5.74) is 1.59. The normalized spacial score (nSPS) is 25.7. The Morgan fingerprint density at radius 2 is 2.60 bits per heavy atom. The van der Waals surface area contributed by atoms with Crippen molar-refractivity contribution in [1.29, 1.82) is 0 Å². The highest BCUT2D eigenvalue weighted by atomic mass is 14.1. The molecule has 0 bridgehead atoms. The van der Waals surface area contributed by atoms with Crippen LogP contribution >= 0.6 is 0 Å². The van der Waals surface area contributed by atoms with Crippen molar-refractivity contribution >= 4 is 0 Å². The van der Waals surface area contributed by atoms with Gasteiger partial charge in [-0.25, -0.2) is 0 Å². The standard InChI is InChI=1S/C10H16/c1-3-5-10-7-4-6-9(2)8-10/h3,7,9H,1,4-6,8H2,2H3. The van der Waals surface area contributed by atoms with E-state index in [1.54, 1.807) is 5.57 Å². The molecule has 1 aliphatic rings. The number of allylic oxidation sites excluding steroid dienone is 3. The van der Waals surface area contributed by atoms with E-state index in [2.05, 4.69) is 19.6 Å². The molecule has 0 heteroatoms. The fraction of sp³-hybridized carbons (Fsp3) is 0.600. The Labute approximate surface area is 63.6 Å². The van der Waals surface area contributed by atoms with Crippen molar-refractivity contribution in [2.45, 2.75) is 32.6 Å². The van der Waals surface area contributed by atoms with Crippen molar-refractivity contribution in [1.82, 2.24) is 0 Å². The Hall–Kier alpha value is -0.520. The Balaban J connectivity index is 2.43. The van der Waals surface area contributed by atoms with Gasteiger partial charge in [-0.3, -0.25) is 0 Å². The first-order valence-electron chi connectivity index (χ1n) is 4.11. The van der Waals surface area contributed by atoms with Gasteiger partial charge in [-0.1, -0.05) is 24.6 Å². The topological polar surface area (TPSA) is 0 Å². The first-order chi connectivity index (χ1) is 4.83. The van der Waals surface area contributed by atoms with Crippen LogP contribution < -0.4 is 0 Å². The van der Waals surface area contributed by atoms with Crippen LogP contribution in [-0.4, -0.2) is 0 Å². The Bertz CT molecular complexity index is 142. The molecular formula is C10H16. The summed E-state index contributed by atoms with van der Waals surface area (Å²) in [4.78, 5) is 0. The van der Waals surface area contributed by atoms with E-state index in [-0.39, 0.29) is 0 Å². The lowest BCUT2D eigenvalue weighted by molar-refractivity contribution is 0.505. The molecular weight excluding hydrogens is 120 g/mol. The Kier molecular flexibility index (Phi) is 2.73. The maximum atomic E-state index is 3.74. The van der Waals surface area contributed by atoms with Crippen molar-refractivity contribution in [3.8, 4) is 0 Å². The van der Waals surface area contributed by atoms with Crippen LogP contribution in [0.3, 0.4) is 0 Å². The summed E-state index contributed by atoms with van der Waals surface area (Å²) >= 11 is 0. The zero-order valence-electron chi connectivity index (χ0n) is 6.77. The largest absolute Gasteiger partial charge is 0.103 e.